The Hall–Kier alpha value is -1.85. The zero-order valence-electron chi connectivity index (χ0n) is 15.1. The standard InChI is InChI=1S/C21H23BrN2O2/c1-14(2)24-18-9-8-17(22)20(26-16-6-4-3-5-7-16)19(18)23-21(24)15-10-12-25-13-11-15/h3-9,14-15H,10-13H2,1-2H3. The van der Waals surface area contributed by atoms with E-state index in [9.17, 15) is 0 Å². The molecule has 0 aliphatic carbocycles. The number of imidazole rings is 1. The van der Waals surface area contributed by atoms with Gasteiger partial charge in [0.05, 0.1) is 9.99 Å². The molecule has 4 nitrogen and oxygen atoms in total. The van der Waals surface area contributed by atoms with E-state index in [-0.39, 0.29) is 0 Å². The van der Waals surface area contributed by atoms with Crippen LogP contribution in [0, 0.1) is 0 Å². The molecule has 0 N–H and O–H groups in total. The van der Waals surface area contributed by atoms with Crippen molar-refractivity contribution in [2.75, 3.05) is 13.2 Å². The quantitative estimate of drug-likeness (QED) is 0.519. The van der Waals surface area contributed by atoms with E-state index in [0.29, 0.717) is 12.0 Å². The highest BCUT2D eigenvalue weighted by atomic mass is 79.9. The van der Waals surface area contributed by atoms with Gasteiger partial charge in [-0.25, -0.2) is 4.98 Å². The molecule has 26 heavy (non-hydrogen) atoms. The van der Waals surface area contributed by atoms with Crippen LogP contribution in [0.2, 0.25) is 0 Å². The zero-order chi connectivity index (χ0) is 18.1. The monoisotopic (exact) mass is 414 g/mol. The van der Waals surface area contributed by atoms with Gasteiger partial charge in [0.2, 0.25) is 0 Å². The van der Waals surface area contributed by atoms with Crippen LogP contribution in [0.25, 0.3) is 11.0 Å². The molecule has 1 saturated heterocycles. The maximum absolute atomic E-state index is 6.21. The summed E-state index contributed by atoms with van der Waals surface area (Å²) in [5.74, 6) is 3.17. The third-order valence-electron chi connectivity index (χ3n) is 4.86. The van der Waals surface area contributed by atoms with Crippen LogP contribution in [0.3, 0.4) is 0 Å². The molecule has 0 spiro atoms. The third kappa shape index (κ3) is 3.26. The van der Waals surface area contributed by atoms with Gasteiger partial charge < -0.3 is 14.0 Å². The second-order valence-corrected chi connectivity index (χ2v) is 7.83. The van der Waals surface area contributed by atoms with Crippen molar-refractivity contribution in [2.24, 2.45) is 0 Å². The van der Waals surface area contributed by atoms with Gasteiger partial charge in [-0.2, -0.15) is 0 Å². The molecule has 1 aliphatic rings. The summed E-state index contributed by atoms with van der Waals surface area (Å²) < 4.78 is 15.0. The minimum Gasteiger partial charge on any atom is -0.454 e. The van der Waals surface area contributed by atoms with Gasteiger partial charge >= 0.3 is 0 Å². The van der Waals surface area contributed by atoms with E-state index >= 15 is 0 Å². The van der Waals surface area contributed by atoms with Gasteiger partial charge in [-0.05, 0) is 66.9 Å². The van der Waals surface area contributed by atoms with Crippen molar-refractivity contribution in [1.82, 2.24) is 9.55 Å². The topological polar surface area (TPSA) is 36.3 Å². The summed E-state index contributed by atoms with van der Waals surface area (Å²) in [5, 5.41) is 0. The molecule has 5 heteroatoms. The average molecular weight is 415 g/mol. The SMILES string of the molecule is CC(C)n1c(C2CCOCC2)nc2c(Oc3ccccc3)c(Br)ccc21. The van der Waals surface area contributed by atoms with Crippen molar-refractivity contribution in [3.05, 3.63) is 52.8 Å². The van der Waals surface area contributed by atoms with E-state index < -0.39 is 0 Å². The Balaban J connectivity index is 1.86. The van der Waals surface area contributed by atoms with E-state index in [1.807, 2.05) is 30.3 Å². The molecule has 1 fully saturated rings. The molecule has 2 heterocycles. The van der Waals surface area contributed by atoms with Crippen molar-refractivity contribution in [2.45, 2.75) is 38.6 Å². The Morgan fingerprint density at radius 1 is 1.12 bits per heavy atom. The average Bonchev–Trinajstić information content (AvgIpc) is 3.06. The predicted octanol–water partition coefficient (Wildman–Crippen LogP) is 6.07. The summed E-state index contributed by atoms with van der Waals surface area (Å²) in [6.45, 7) is 6.04. The summed E-state index contributed by atoms with van der Waals surface area (Å²) >= 11 is 3.65. The highest BCUT2D eigenvalue weighted by Crippen LogP contribution is 2.40. The molecule has 2 aromatic carbocycles. The van der Waals surface area contributed by atoms with Gasteiger partial charge in [-0.1, -0.05) is 18.2 Å². The molecule has 3 aromatic rings. The molecular weight excluding hydrogens is 392 g/mol. The van der Waals surface area contributed by atoms with Crippen LogP contribution in [0.1, 0.15) is 44.5 Å². The van der Waals surface area contributed by atoms with Crippen LogP contribution in [0.15, 0.2) is 46.9 Å². The second-order valence-electron chi connectivity index (χ2n) is 6.98. The molecule has 136 valence electrons. The molecule has 0 bridgehead atoms. The van der Waals surface area contributed by atoms with Crippen LogP contribution in [-0.4, -0.2) is 22.8 Å². The number of rotatable bonds is 4. The number of hydrogen-bond acceptors (Lipinski definition) is 3. The Morgan fingerprint density at radius 3 is 2.54 bits per heavy atom. The molecule has 0 atom stereocenters. The second kappa shape index (κ2) is 7.41. The lowest BCUT2D eigenvalue weighted by Gasteiger charge is -2.24. The smallest absolute Gasteiger partial charge is 0.169 e. The number of nitrogens with zero attached hydrogens (tertiary/aromatic N) is 2. The van der Waals surface area contributed by atoms with Crippen molar-refractivity contribution in [1.29, 1.82) is 0 Å². The lowest BCUT2D eigenvalue weighted by molar-refractivity contribution is 0.0827. The molecule has 0 saturated carbocycles. The van der Waals surface area contributed by atoms with Gasteiger partial charge in [-0.15, -0.1) is 0 Å². The van der Waals surface area contributed by atoms with Gasteiger partial charge in [0, 0.05) is 25.2 Å². The van der Waals surface area contributed by atoms with Crippen LogP contribution in [-0.2, 0) is 4.74 Å². The fourth-order valence-corrected chi connectivity index (χ4v) is 4.02. The fraction of sp³-hybridized carbons (Fsp3) is 0.381. The summed E-state index contributed by atoms with van der Waals surface area (Å²) in [7, 11) is 0. The lowest BCUT2D eigenvalue weighted by atomic mass is 9.99. The van der Waals surface area contributed by atoms with Crippen LogP contribution in [0.4, 0.5) is 0 Å². The Labute approximate surface area is 162 Å². The Bertz CT molecular complexity index is 899. The normalized spacial score (nSPS) is 15.7. The maximum atomic E-state index is 6.21. The number of benzene rings is 2. The van der Waals surface area contributed by atoms with Crippen molar-refractivity contribution in [3.8, 4) is 11.5 Å². The highest BCUT2D eigenvalue weighted by molar-refractivity contribution is 9.10. The first-order valence-electron chi connectivity index (χ1n) is 9.16. The van der Waals surface area contributed by atoms with E-state index in [2.05, 4.69) is 46.5 Å². The predicted molar refractivity (Wildman–Crippen MR) is 107 cm³/mol. The van der Waals surface area contributed by atoms with Crippen molar-refractivity contribution in [3.63, 3.8) is 0 Å². The maximum Gasteiger partial charge on any atom is 0.169 e. The minimum absolute atomic E-state index is 0.337. The highest BCUT2D eigenvalue weighted by Gasteiger charge is 2.26. The minimum atomic E-state index is 0.337. The first kappa shape index (κ1) is 17.6. The lowest BCUT2D eigenvalue weighted by Crippen LogP contribution is -2.18. The number of ether oxygens (including phenoxy) is 2. The molecular formula is C21H23BrN2O2. The van der Waals surface area contributed by atoms with E-state index in [0.717, 1.165) is 58.9 Å². The number of fused-ring (bicyclic) bond motifs is 1. The Kier molecular flexibility index (Phi) is 5.00. The molecule has 0 radical (unpaired) electrons. The van der Waals surface area contributed by atoms with Crippen molar-refractivity contribution < 1.29 is 9.47 Å². The van der Waals surface area contributed by atoms with Crippen LogP contribution in [0.5, 0.6) is 11.5 Å². The number of hydrogen-bond donors (Lipinski definition) is 0. The molecule has 0 unspecified atom stereocenters. The van der Waals surface area contributed by atoms with E-state index in [1.54, 1.807) is 0 Å². The first-order chi connectivity index (χ1) is 12.6. The third-order valence-corrected chi connectivity index (χ3v) is 5.49. The summed E-state index contributed by atoms with van der Waals surface area (Å²) in [6.07, 6.45) is 2.04. The summed E-state index contributed by atoms with van der Waals surface area (Å²) in [6, 6.07) is 14.4. The molecule has 1 aromatic heterocycles. The van der Waals surface area contributed by atoms with Gasteiger partial charge in [0.25, 0.3) is 0 Å². The van der Waals surface area contributed by atoms with Gasteiger partial charge in [-0.3, -0.25) is 0 Å². The largest absolute Gasteiger partial charge is 0.454 e. The molecule has 1 aliphatic heterocycles. The van der Waals surface area contributed by atoms with Crippen LogP contribution < -0.4 is 4.74 Å². The fourth-order valence-electron chi connectivity index (χ4n) is 3.62. The van der Waals surface area contributed by atoms with Gasteiger partial charge in [0.1, 0.15) is 17.1 Å². The Morgan fingerprint density at radius 2 is 1.85 bits per heavy atom. The summed E-state index contributed by atoms with van der Waals surface area (Å²) in [5.41, 5.74) is 2.04. The van der Waals surface area contributed by atoms with E-state index in [4.69, 9.17) is 14.5 Å². The molecule has 4 rings (SSSR count). The van der Waals surface area contributed by atoms with Crippen molar-refractivity contribution >= 4 is 27.0 Å². The van der Waals surface area contributed by atoms with E-state index in [1.165, 1.54) is 0 Å². The zero-order valence-corrected chi connectivity index (χ0v) is 16.7. The number of halogens is 1. The first-order valence-corrected chi connectivity index (χ1v) is 9.95. The number of aromatic nitrogens is 2. The summed E-state index contributed by atoms with van der Waals surface area (Å²) in [4.78, 5) is 5.07. The number of para-hydroxylation sites is 1. The molecule has 0 amide bonds. The van der Waals surface area contributed by atoms with Gasteiger partial charge in [0.15, 0.2) is 5.75 Å². The van der Waals surface area contributed by atoms with Crippen LogP contribution >= 0.6 is 15.9 Å².